The number of aromatic nitrogens is 2. The lowest BCUT2D eigenvalue weighted by Crippen LogP contribution is -2.43. The zero-order valence-electron chi connectivity index (χ0n) is 27.9. The van der Waals surface area contributed by atoms with Crippen LogP contribution in [0.25, 0.3) is 0 Å². The van der Waals surface area contributed by atoms with Gasteiger partial charge in [0.05, 0.1) is 37.2 Å². The number of carboxylic acids is 1. The number of amides is 1. The molecule has 1 aromatic heterocycles. The number of likely N-dealkylation sites (tertiary alicyclic amines) is 1. The van der Waals surface area contributed by atoms with Crippen LogP contribution in [0.5, 0.6) is 5.75 Å². The number of hydrogen-bond acceptors (Lipinski definition) is 8. The molecule has 2 aromatic carbocycles. The number of carboxylic acid groups (broad SMARTS) is 1. The Hall–Kier alpha value is -4.39. The maximum atomic E-state index is 14.7. The number of piperidine rings is 1. The lowest BCUT2D eigenvalue weighted by molar-refractivity contribution is -0.142. The average molecular weight is 682 g/mol. The Labute approximate surface area is 283 Å². The molecule has 0 saturated carbocycles. The number of alkyl halides is 3. The molecule has 4 heterocycles. The van der Waals surface area contributed by atoms with Gasteiger partial charge in [0.15, 0.2) is 0 Å². The quantitative estimate of drug-likeness (QED) is 0.319. The van der Waals surface area contributed by atoms with Gasteiger partial charge in [0.2, 0.25) is 5.91 Å². The molecule has 49 heavy (non-hydrogen) atoms. The van der Waals surface area contributed by atoms with Gasteiger partial charge in [-0.15, -0.1) is 0 Å². The first kappa shape index (κ1) is 34.5. The summed E-state index contributed by atoms with van der Waals surface area (Å²) in [6.45, 7) is 4.13. The summed E-state index contributed by atoms with van der Waals surface area (Å²) in [4.78, 5) is 41.0. The third-order valence-corrected chi connectivity index (χ3v) is 10.3. The highest BCUT2D eigenvalue weighted by Gasteiger charge is 2.46. The van der Waals surface area contributed by atoms with Gasteiger partial charge in [-0.3, -0.25) is 9.59 Å². The number of nitrogens with zero attached hydrogens (tertiary/aromatic N) is 5. The molecule has 4 atom stereocenters. The van der Waals surface area contributed by atoms with E-state index in [0.717, 1.165) is 28.8 Å². The summed E-state index contributed by atoms with van der Waals surface area (Å²) in [5.74, 6) is -0.136. The lowest BCUT2D eigenvalue weighted by Gasteiger charge is -2.34. The van der Waals surface area contributed by atoms with Gasteiger partial charge < -0.3 is 29.3 Å². The molecule has 3 fully saturated rings. The number of benzene rings is 2. The van der Waals surface area contributed by atoms with Gasteiger partial charge >= 0.3 is 12.1 Å². The number of methoxy groups -OCH3 is 2. The minimum Gasteiger partial charge on any atom is -0.497 e. The van der Waals surface area contributed by atoms with Crippen molar-refractivity contribution in [2.75, 3.05) is 63.4 Å². The average Bonchev–Trinajstić information content (AvgIpc) is 3.73. The molecule has 10 nitrogen and oxygen atoms in total. The molecular formula is C36H42F3N5O5. The van der Waals surface area contributed by atoms with Crippen molar-refractivity contribution in [2.45, 2.75) is 50.2 Å². The van der Waals surface area contributed by atoms with E-state index in [-0.39, 0.29) is 30.4 Å². The molecule has 3 aliphatic rings. The third-order valence-electron chi connectivity index (χ3n) is 10.3. The normalized spacial score (nSPS) is 23.3. The van der Waals surface area contributed by atoms with Crippen LogP contribution in [0, 0.1) is 18.8 Å². The van der Waals surface area contributed by atoms with Crippen LogP contribution in [0.4, 0.5) is 24.7 Å². The number of carbonyl (C=O) groups is 2. The number of anilines is 2. The molecule has 0 aliphatic carbocycles. The van der Waals surface area contributed by atoms with Gasteiger partial charge in [-0.1, -0.05) is 18.2 Å². The Morgan fingerprint density at radius 2 is 1.71 bits per heavy atom. The molecule has 13 heteroatoms. The van der Waals surface area contributed by atoms with E-state index in [4.69, 9.17) is 9.47 Å². The molecular weight excluding hydrogens is 639 g/mol. The van der Waals surface area contributed by atoms with Crippen LogP contribution in [0.1, 0.15) is 53.6 Å². The monoisotopic (exact) mass is 681 g/mol. The second-order valence-electron chi connectivity index (χ2n) is 13.3. The van der Waals surface area contributed by atoms with Gasteiger partial charge in [-0.25, -0.2) is 9.97 Å². The second-order valence-corrected chi connectivity index (χ2v) is 13.3. The molecule has 0 spiro atoms. The zero-order valence-corrected chi connectivity index (χ0v) is 27.9. The van der Waals surface area contributed by atoms with E-state index in [1.807, 2.05) is 47.1 Å². The van der Waals surface area contributed by atoms with Crippen LogP contribution in [-0.2, 0) is 20.5 Å². The van der Waals surface area contributed by atoms with Crippen molar-refractivity contribution < 1.29 is 37.3 Å². The van der Waals surface area contributed by atoms with Gasteiger partial charge in [-0.05, 0) is 67.6 Å². The SMILES string of the molecule is COC[C@@H]1C[C@@H](c2ccc(C(F)(F)F)cc2N2CCC(C(=O)O)CC2)CN1C(=O)[C@@H]1CN(c2ccnc(C)n2)C[C@H]1c1ccc(OC)cc1. The molecule has 262 valence electrons. The van der Waals surface area contributed by atoms with Crippen LogP contribution >= 0.6 is 0 Å². The smallest absolute Gasteiger partial charge is 0.416 e. The summed E-state index contributed by atoms with van der Waals surface area (Å²) in [6, 6.07) is 13.1. The van der Waals surface area contributed by atoms with Gasteiger partial charge in [0.25, 0.3) is 0 Å². The van der Waals surface area contributed by atoms with E-state index < -0.39 is 29.5 Å². The first-order valence-corrected chi connectivity index (χ1v) is 16.6. The summed E-state index contributed by atoms with van der Waals surface area (Å²) in [5.41, 5.74) is 1.44. The molecule has 1 amide bonds. The summed E-state index contributed by atoms with van der Waals surface area (Å²) in [5, 5.41) is 9.50. The summed E-state index contributed by atoms with van der Waals surface area (Å²) >= 11 is 0. The number of aliphatic carboxylic acids is 1. The number of halogens is 3. The zero-order chi connectivity index (χ0) is 34.9. The largest absolute Gasteiger partial charge is 0.497 e. The predicted octanol–water partition coefficient (Wildman–Crippen LogP) is 5.36. The molecule has 0 radical (unpaired) electrons. The van der Waals surface area contributed by atoms with E-state index in [2.05, 4.69) is 14.9 Å². The van der Waals surface area contributed by atoms with Crippen molar-refractivity contribution in [3.8, 4) is 5.75 Å². The molecule has 3 aromatic rings. The van der Waals surface area contributed by atoms with Crippen LogP contribution in [0.2, 0.25) is 0 Å². The molecule has 1 N–H and O–H groups in total. The topological polar surface area (TPSA) is 108 Å². The highest BCUT2D eigenvalue weighted by molar-refractivity contribution is 5.82. The van der Waals surface area contributed by atoms with Crippen molar-refractivity contribution in [3.05, 3.63) is 77.2 Å². The molecule has 0 unspecified atom stereocenters. The van der Waals surface area contributed by atoms with Crippen molar-refractivity contribution in [1.82, 2.24) is 14.9 Å². The van der Waals surface area contributed by atoms with Crippen LogP contribution in [-0.4, -0.2) is 91.4 Å². The standard InChI is InChI=1S/C36H42F3N5O5/c1-22-40-13-10-33(41-22)43-19-30(23-4-7-28(49-3)8-5-23)31(20-43)34(45)44-18-25(16-27(44)21-48-2)29-9-6-26(36(37,38)39)17-32(29)42-14-11-24(12-15-42)35(46)47/h4-10,13,17,24-25,27,30-31H,11-12,14-16,18-21H2,1-3H3,(H,46,47)/t25-,27+,30+,31-/m1/s1. The van der Waals surface area contributed by atoms with Crippen molar-refractivity contribution in [1.29, 1.82) is 0 Å². The Morgan fingerprint density at radius 3 is 2.35 bits per heavy atom. The Morgan fingerprint density at radius 1 is 0.980 bits per heavy atom. The summed E-state index contributed by atoms with van der Waals surface area (Å²) < 4.78 is 52.7. The fourth-order valence-corrected chi connectivity index (χ4v) is 7.73. The minimum atomic E-state index is -4.53. The first-order chi connectivity index (χ1) is 23.5. The highest BCUT2D eigenvalue weighted by atomic mass is 19.4. The molecule has 0 bridgehead atoms. The maximum absolute atomic E-state index is 14.7. The van der Waals surface area contributed by atoms with Crippen LogP contribution < -0.4 is 14.5 Å². The highest BCUT2D eigenvalue weighted by Crippen LogP contribution is 2.44. The predicted molar refractivity (Wildman–Crippen MR) is 177 cm³/mol. The molecule has 3 aliphatic heterocycles. The van der Waals surface area contributed by atoms with E-state index in [1.165, 1.54) is 6.07 Å². The van der Waals surface area contributed by atoms with Crippen LogP contribution in [0.15, 0.2) is 54.7 Å². The van der Waals surface area contributed by atoms with E-state index in [9.17, 15) is 27.9 Å². The Balaban J connectivity index is 1.31. The number of aryl methyl sites for hydroxylation is 1. The van der Waals surface area contributed by atoms with E-state index in [1.54, 1.807) is 26.5 Å². The van der Waals surface area contributed by atoms with Crippen molar-refractivity contribution >= 4 is 23.4 Å². The minimum absolute atomic E-state index is 0.0330. The van der Waals surface area contributed by atoms with Gasteiger partial charge in [0.1, 0.15) is 17.4 Å². The molecule has 3 saturated heterocycles. The third kappa shape index (κ3) is 7.31. The van der Waals surface area contributed by atoms with Crippen LogP contribution in [0.3, 0.4) is 0 Å². The number of ether oxygens (including phenoxy) is 2. The second kappa shape index (κ2) is 14.2. The number of hydrogen-bond donors (Lipinski definition) is 1. The van der Waals surface area contributed by atoms with Crippen molar-refractivity contribution in [2.24, 2.45) is 11.8 Å². The first-order valence-electron chi connectivity index (χ1n) is 16.6. The fraction of sp³-hybridized carbons (Fsp3) is 0.500. The fourth-order valence-electron chi connectivity index (χ4n) is 7.73. The number of carbonyl (C=O) groups excluding carboxylic acids is 1. The number of rotatable bonds is 9. The van der Waals surface area contributed by atoms with Gasteiger partial charge in [0, 0.05) is 63.6 Å². The van der Waals surface area contributed by atoms with E-state index >= 15 is 0 Å². The lowest BCUT2D eigenvalue weighted by atomic mass is 9.87. The Bertz CT molecular complexity index is 1650. The Kier molecular flexibility index (Phi) is 10.0. The summed E-state index contributed by atoms with van der Waals surface area (Å²) in [6.07, 6.45) is -1.60. The molecule has 6 rings (SSSR count). The summed E-state index contributed by atoms with van der Waals surface area (Å²) in [7, 11) is 3.19. The van der Waals surface area contributed by atoms with Crippen molar-refractivity contribution in [3.63, 3.8) is 0 Å². The van der Waals surface area contributed by atoms with E-state index in [0.29, 0.717) is 63.5 Å². The van der Waals surface area contributed by atoms with Gasteiger partial charge in [-0.2, -0.15) is 13.2 Å². The maximum Gasteiger partial charge on any atom is 0.416 e.